The lowest BCUT2D eigenvalue weighted by Crippen LogP contribution is -2.60. The average molecular weight is 906 g/mol. The van der Waals surface area contributed by atoms with Gasteiger partial charge in [-0.1, -0.05) is 27.7 Å². The van der Waals surface area contributed by atoms with E-state index in [0.717, 1.165) is 5.56 Å². The van der Waals surface area contributed by atoms with E-state index in [9.17, 15) is 37.8 Å². The minimum Gasteiger partial charge on any atom is -0.497 e. The number of hydrogen-bond acceptors (Lipinski definition) is 14. The number of halogens is 3. The molecule has 0 aliphatic carbocycles. The molecule has 13 atom stereocenters. The van der Waals surface area contributed by atoms with Gasteiger partial charge in [-0.3, -0.25) is 19.3 Å². The molecule has 2 aromatic rings. The van der Waals surface area contributed by atoms with Crippen molar-refractivity contribution in [2.45, 2.75) is 142 Å². The highest BCUT2D eigenvalue weighted by Crippen LogP contribution is 2.40. The molecule has 64 heavy (non-hydrogen) atoms. The van der Waals surface area contributed by atoms with Crippen LogP contribution in [0.25, 0.3) is 0 Å². The maximum absolute atomic E-state index is 14.8. The van der Waals surface area contributed by atoms with Gasteiger partial charge in [-0.15, -0.1) is 0 Å². The van der Waals surface area contributed by atoms with Crippen molar-refractivity contribution in [2.24, 2.45) is 33.9 Å². The van der Waals surface area contributed by atoms with Gasteiger partial charge in [0.05, 0.1) is 55.1 Å². The van der Waals surface area contributed by atoms with E-state index in [0.29, 0.717) is 35.7 Å². The molecule has 2 aliphatic rings. The van der Waals surface area contributed by atoms with Crippen molar-refractivity contribution in [3.8, 4) is 5.75 Å². The number of benzene rings is 2. The second-order valence-corrected chi connectivity index (χ2v) is 17.9. The number of ether oxygens (including phenoxy) is 6. The smallest absolute Gasteiger partial charge is 0.312 e. The molecule has 356 valence electrons. The molecule has 4 rings (SSSR count). The van der Waals surface area contributed by atoms with Crippen LogP contribution in [-0.4, -0.2) is 127 Å². The number of aliphatic hydroxyl groups excluding tert-OH is 1. The number of methoxy groups -OCH3 is 2. The maximum Gasteiger partial charge on any atom is 0.312 e. The van der Waals surface area contributed by atoms with E-state index in [-0.39, 0.29) is 18.6 Å². The van der Waals surface area contributed by atoms with Crippen LogP contribution in [0.3, 0.4) is 0 Å². The Morgan fingerprint density at radius 1 is 0.969 bits per heavy atom. The fourth-order valence-electron chi connectivity index (χ4n) is 8.87. The summed E-state index contributed by atoms with van der Waals surface area (Å²) in [6.45, 7) is 14.8. The zero-order valence-corrected chi connectivity index (χ0v) is 39.2. The first-order valence-corrected chi connectivity index (χ1v) is 21.7. The Hall–Kier alpha value is -4.26. The molecule has 0 bridgehead atoms. The third kappa shape index (κ3) is 11.9. The highest BCUT2D eigenvalue weighted by Gasteiger charge is 2.52. The zero-order chi connectivity index (χ0) is 48.0. The third-order valence-corrected chi connectivity index (χ3v) is 12.8. The minimum atomic E-state index is -2.07. The Labute approximate surface area is 374 Å². The summed E-state index contributed by atoms with van der Waals surface area (Å²) in [5.74, 6) is -9.74. The quantitative estimate of drug-likeness (QED) is 0.113. The number of carbonyl (C=O) groups excluding carboxylic acids is 3. The van der Waals surface area contributed by atoms with Gasteiger partial charge in [0, 0.05) is 36.3 Å². The van der Waals surface area contributed by atoms with E-state index >= 15 is 0 Å². The van der Waals surface area contributed by atoms with E-state index < -0.39 is 119 Å². The highest BCUT2D eigenvalue weighted by molar-refractivity contribution is 5.99. The largest absolute Gasteiger partial charge is 0.497 e. The first kappa shape index (κ1) is 52.4. The number of ketones is 1. The van der Waals surface area contributed by atoms with Crippen molar-refractivity contribution in [1.82, 2.24) is 4.90 Å². The van der Waals surface area contributed by atoms with Gasteiger partial charge in [-0.05, 0) is 110 Å². The fourth-order valence-corrected chi connectivity index (χ4v) is 8.87. The summed E-state index contributed by atoms with van der Waals surface area (Å²) in [4.78, 5) is 43.9. The summed E-state index contributed by atoms with van der Waals surface area (Å²) in [5, 5.41) is 33.4. The number of hydrogen-bond donors (Lipinski definition) is 2. The van der Waals surface area contributed by atoms with E-state index in [2.05, 4.69) is 5.10 Å². The number of cyclic esters (lactones) is 1. The van der Waals surface area contributed by atoms with Crippen molar-refractivity contribution in [1.29, 1.82) is 0 Å². The molecule has 2 fully saturated rings. The molecular formula is C47H66F3N3O11. The molecule has 2 aliphatic heterocycles. The topological polar surface area (TPSA) is 175 Å². The Morgan fingerprint density at radius 2 is 1.59 bits per heavy atom. The Bertz CT molecular complexity index is 2010. The van der Waals surface area contributed by atoms with Crippen LogP contribution in [0.2, 0.25) is 0 Å². The number of rotatable bonds is 11. The summed E-state index contributed by atoms with van der Waals surface area (Å²) in [6.07, 6.45) is -7.87. The molecule has 14 nitrogen and oxygen atoms in total. The molecule has 0 saturated carbocycles. The van der Waals surface area contributed by atoms with E-state index in [4.69, 9.17) is 33.5 Å². The van der Waals surface area contributed by atoms with Crippen LogP contribution in [0.4, 0.5) is 13.2 Å². The lowest BCUT2D eigenvalue weighted by molar-refractivity contribution is -0.258. The molecule has 2 heterocycles. The number of aliphatic hydroxyl groups is 2. The molecule has 0 radical (unpaired) electrons. The lowest BCUT2D eigenvalue weighted by Gasteiger charge is -2.47. The molecule has 2 N–H and O–H groups in total. The Balaban J connectivity index is 1.94. The molecule has 2 saturated heterocycles. The molecule has 13 unspecified atom stereocenters. The van der Waals surface area contributed by atoms with Gasteiger partial charge >= 0.3 is 11.9 Å². The summed E-state index contributed by atoms with van der Waals surface area (Å²) in [5.41, 5.74) is -2.41. The molecule has 2 aromatic carbocycles. The van der Waals surface area contributed by atoms with Gasteiger partial charge in [-0.2, -0.15) is 10.2 Å². The standard InChI is InChI=1S/C47H66F3N3O11/c1-14-37-47(9,58)42(56)26(4)39(52-51-29(7)30-15-17-32(59-12)18-16-30)24(2)23-46(8,60-13)43(64-45-40(55)36(53(10)11)19-25(3)61-45)27(5)41(28(6)44(57)62-37)63-38(54)21-31-20-34(49)35(50)22-33(31)48/h15-18,20,22,24-28,36-37,41-43,45,56,58H,14,19,21,23H2,1-13H3. The first-order chi connectivity index (χ1) is 29.9. The lowest BCUT2D eigenvalue weighted by atomic mass is 9.73. The predicted octanol–water partition coefficient (Wildman–Crippen LogP) is 6.24. The van der Waals surface area contributed by atoms with Crippen LogP contribution in [0.15, 0.2) is 46.6 Å². The maximum atomic E-state index is 14.8. The summed E-state index contributed by atoms with van der Waals surface area (Å²) in [7, 11) is 6.51. The number of esters is 2. The van der Waals surface area contributed by atoms with Gasteiger partial charge in [-0.25, -0.2) is 13.2 Å². The first-order valence-electron chi connectivity index (χ1n) is 21.7. The minimum absolute atomic E-state index is 0.0429. The van der Waals surface area contributed by atoms with Crippen LogP contribution in [0.1, 0.15) is 92.7 Å². The molecule has 0 spiro atoms. The van der Waals surface area contributed by atoms with Crippen molar-refractivity contribution in [2.75, 3.05) is 28.3 Å². The Morgan fingerprint density at radius 3 is 2.17 bits per heavy atom. The van der Waals surface area contributed by atoms with Gasteiger partial charge in [0.2, 0.25) is 12.1 Å². The van der Waals surface area contributed by atoms with Crippen LogP contribution in [-0.2, 0) is 44.5 Å². The van der Waals surface area contributed by atoms with Crippen LogP contribution < -0.4 is 4.74 Å². The predicted molar refractivity (Wildman–Crippen MR) is 232 cm³/mol. The summed E-state index contributed by atoms with van der Waals surface area (Å²) in [6, 6.07) is 7.47. The van der Waals surface area contributed by atoms with Crippen molar-refractivity contribution < 1.29 is 66.2 Å². The van der Waals surface area contributed by atoms with Crippen molar-refractivity contribution in [3.63, 3.8) is 0 Å². The van der Waals surface area contributed by atoms with Crippen molar-refractivity contribution in [3.05, 3.63) is 65.0 Å². The molecule has 0 aromatic heterocycles. The van der Waals surface area contributed by atoms with Gasteiger partial charge in [0.1, 0.15) is 29.4 Å². The SMILES string of the molecule is CCC1OC(=O)C(C)C(OC(=O)Cc2cc(F)c(F)cc2F)C(C)C(OC2OC(C)CC(N(C)C)C2=O)C(C)(OC)CC(C)C(=NN=C(C)c2ccc(OC)cc2)C(C)C(O)C1(C)O. The number of nitrogens with zero attached hydrogens (tertiary/aromatic N) is 3. The van der Waals surface area contributed by atoms with Crippen LogP contribution >= 0.6 is 0 Å². The van der Waals surface area contributed by atoms with Crippen LogP contribution in [0.5, 0.6) is 5.75 Å². The second kappa shape index (κ2) is 21.8. The average Bonchev–Trinajstić information content (AvgIpc) is 3.25. The van der Waals surface area contributed by atoms with Crippen molar-refractivity contribution >= 4 is 29.1 Å². The van der Waals surface area contributed by atoms with Crippen LogP contribution in [0, 0.1) is 41.1 Å². The third-order valence-electron chi connectivity index (χ3n) is 12.8. The molecule has 0 amide bonds. The van der Waals surface area contributed by atoms with Gasteiger partial charge < -0.3 is 38.6 Å². The number of likely N-dealkylation sites (N-methyl/N-ethyl adjacent to an activating group) is 1. The highest BCUT2D eigenvalue weighted by atomic mass is 19.2. The normalized spacial score (nSPS) is 34.3. The van der Waals surface area contributed by atoms with E-state index in [1.807, 2.05) is 19.1 Å². The second-order valence-electron chi connectivity index (χ2n) is 17.9. The monoisotopic (exact) mass is 905 g/mol. The number of carbonyl (C=O) groups is 3. The summed E-state index contributed by atoms with van der Waals surface area (Å²) >= 11 is 0. The zero-order valence-electron chi connectivity index (χ0n) is 39.2. The van der Waals surface area contributed by atoms with Gasteiger partial charge in [0.15, 0.2) is 11.6 Å². The Kier molecular flexibility index (Phi) is 17.9. The van der Waals surface area contributed by atoms with Gasteiger partial charge in [0.25, 0.3) is 0 Å². The van der Waals surface area contributed by atoms with E-state index in [1.165, 1.54) is 21.0 Å². The van der Waals surface area contributed by atoms with E-state index in [1.54, 1.807) is 79.8 Å². The number of Topliss-reactive ketones (excluding diaryl/α,β-unsaturated/α-hetero) is 1. The summed E-state index contributed by atoms with van der Waals surface area (Å²) < 4.78 is 79.4. The molecule has 17 heteroatoms. The fraction of sp³-hybridized carbons (Fsp3) is 0.638. The molecular weight excluding hydrogens is 840 g/mol.